The third kappa shape index (κ3) is 1.26. The lowest BCUT2D eigenvalue weighted by Gasteiger charge is -2.04. The number of carbonyl (C=O) groups excluding carboxylic acids is 1. The van der Waals surface area contributed by atoms with E-state index in [2.05, 4.69) is 5.10 Å². The molecule has 0 aliphatic rings. The third-order valence-corrected chi connectivity index (χ3v) is 1.90. The van der Waals surface area contributed by atoms with Gasteiger partial charge in [0.15, 0.2) is 6.29 Å². The Morgan fingerprint density at radius 2 is 2.07 bits per heavy atom. The molecule has 4 nitrogen and oxygen atoms in total. The quantitative estimate of drug-likeness (QED) is 0.724. The molecule has 0 spiro atoms. The SMILES string of the molecule is O=Cc1ccnn1-c1ccccc1O. The van der Waals surface area contributed by atoms with Gasteiger partial charge in [-0.25, -0.2) is 4.68 Å². The summed E-state index contributed by atoms with van der Waals surface area (Å²) < 4.78 is 1.39. The predicted octanol–water partition coefficient (Wildman–Crippen LogP) is 1.39. The summed E-state index contributed by atoms with van der Waals surface area (Å²) in [7, 11) is 0. The van der Waals surface area contributed by atoms with Crippen molar-refractivity contribution in [3.8, 4) is 11.4 Å². The average molecular weight is 188 g/mol. The molecule has 2 rings (SSSR count). The molecule has 1 aromatic carbocycles. The summed E-state index contributed by atoms with van der Waals surface area (Å²) in [5.41, 5.74) is 0.908. The minimum Gasteiger partial charge on any atom is -0.506 e. The first kappa shape index (κ1) is 8.50. The molecule has 0 saturated carbocycles. The molecule has 0 fully saturated rings. The van der Waals surface area contributed by atoms with Gasteiger partial charge < -0.3 is 5.11 Å². The van der Waals surface area contributed by atoms with Crippen LogP contribution < -0.4 is 0 Å². The maximum absolute atomic E-state index is 10.6. The number of rotatable bonds is 2. The van der Waals surface area contributed by atoms with Gasteiger partial charge in [0.1, 0.15) is 17.1 Å². The highest BCUT2D eigenvalue weighted by molar-refractivity contribution is 5.73. The van der Waals surface area contributed by atoms with E-state index in [0.29, 0.717) is 17.7 Å². The molecule has 0 unspecified atom stereocenters. The van der Waals surface area contributed by atoms with Crippen LogP contribution in [0.2, 0.25) is 0 Å². The van der Waals surface area contributed by atoms with Crippen molar-refractivity contribution in [1.29, 1.82) is 0 Å². The first-order valence-electron chi connectivity index (χ1n) is 4.10. The van der Waals surface area contributed by atoms with Crippen LogP contribution in [0.4, 0.5) is 0 Å². The van der Waals surface area contributed by atoms with Crippen LogP contribution in [-0.4, -0.2) is 21.2 Å². The molecule has 2 aromatic rings. The fraction of sp³-hybridized carbons (Fsp3) is 0. The Balaban J connectivity index is 2.60. The van der Waals surface area contributed by atoms with E-state index >= 15 is 0 Å². The number of hydrogen-bond donors (Lipinski definition) is 1. The van der Waals surface area contributed by atoms with Crippen molar-refractivity contribution in [2.45, 2.75) is 0 Å². The maximum atomic E-state index is 10.6. The number of hydrogen-bond acceptors (Lipinski definition) is 3. The van der Waals surface area contributed by atoms with Crippen molar-refractivity contribution in [1.82, 2.24) is 9.78 Å². The summed E-state index contributed by atoms with van der Waals surface area (Å²) in [6.07, 6.45) is 2.20. The summed E-state index contributed by atoms with van der Waals surface area (Å²) in [6, 6.07) is 8.30. The van der Waals surface area contributed by atoms with E-state index in [1.54, 1.807) is 30.3 Å². The van der Waals surface area contributed by atoms with E-state index < -0.39 is 0 Å². The molecule has 0 aliphatic carbocycles. The van der Waals surface area contributed by atoms with Gasteiger partial charge in [-0.1, -0.05) is 12.1 Å². The molecule has 14 heavy (non-hydrogen) atoms. The summed E-state index contributed by atoms with van der Waals surface area (Å²) >= 11 is 0. The number of phenols is 1. The molecule has 70 valence electrons. The zero-order valence-electron chi connectivity index (χ0n) is 7.29. The largest absolute Gasteiger partial charge is 0.506 e. The molecule has 0 aliphatic heterocycles. The average Bonchev–Trinajstić information content (AvgIpc) is 2.66. The van der Waals surface area contributed by atoms with Gasteiger partial charge in [-0.3, -0.25) is 4.79 Å². The molecule has 0 saturated heterocycles. The number of aromatic hydroxyl groups is 1. The highest BCUT2D eigenvalue weighted by Crippen LogP contribution is 2.20. The lowest BCUT2D eigenvalue weighted by atomic mass is 10.3. The van der Waals surface area contributed by atoms with E-state index in [1.807, 2.05) is 0 Å². The minimum atomic E-state index is 0.0966. The zero-order chi connectivity index (χ0) is 9.97. The van der Waals surface area contributed by atoms with Gasteiger partial charge in [-0.05, 0) is 18.2 Å². The summed E-state index contributed by atoms with van der Waals surface area (Å²) in [4.78, 5) is 10.6. The van der Waals surface area contributed by atoms with Gasteiger partial charge in [0.2, 0.25) is 0 Å². The first-order valence-corrected chi connectivity index (χ1v) is 4.10. The maximum Gasteiger partial charge on any atom is 0.168 e. The van der Waals surface area contributed by atoms with Gasteiger partial charge in [-0.15, -0.1) is 0 Å². The number of carbonyl (C=O) groups is 1. The zero-order valence-corrected chi connectivity index (χ0v) is 7.29. The Bertz CT molecular complexity index is 463. The Kier molecular flexibility index (Phi) is 2.02. The van der Waals surface area contributed by atoms with E-state index in [-0.39, 0.29) is 5.75 Å². The number of aldehydes is 1. The van der Waals surface area contributed by atoms with Crippen LogP contribution in [0.3, 0.4) is 0 Å². The fourth-order valence-electron chi connectivity index (χ4n) is 1.25. The number of phenolic OH excluding ortho intramolecular Hbond substituents is 1. The van der Waals surface area contributed by atoms with E-state index in [0.717, 1.165) is 0 Å². The van der Waals surface area contributed by atoms with Crippen molar-refractivity contribution >= 4 is 6.29 Å². The molecule has 4 heteroatoms. The molecular formula is C10H8N2O2. The molecule has 1 aromatic heterocycles. The smallest absolute Gasteiger partial charge is 0.168 e. The molecular weight excluding hydrogens is 180 g/mol. The second kappa shape index (κ2) is 3.33. The number of aromatic nitrogens is 2. The molecule has 0 amide bonds. The van der Waals surface area contributed by atoms with Crippen LogP contribution in [0.5, 0.6) is 5.75 Å². The predicted molar refractivity (Wildman–Crippen MR) is 50.6 cm³/mol. The van der Waals surface area contributed by atoms with Crippen LogP contribution in [0.15, 0.2) is 36.5 Å². The first-order chi connectivity index (χ1) is 6.83. The molecule has 1 heterocycles. The summed E-state index contributed by atoms with van der Waals surface area (Å²) in [5.74, 6) is 0.0966. The van der Waals surface area contributed by atoms with Crippen molar-refractivity contribution in [3.63, 3.8) is 0 Å². The third-order valence-electron chi connectivity index (χ3n) is 1.90. The second-order valence-electron chi connectivity index (χ2n) is 2.77. The molecule has 1 N–H and O–H groups in total. The monoisotopic (exact) mass is 188 g/mol. The lowest BCUT2D eigenvalue weighted by molar-refractivity contribution is 0.111. The van der Waals surface area contributed by atoms with Crippen LogP contribution in [0.1, 0.15) is 10.5 Å². The van der Waals surface area contributed by atoms with Gasteiger partial charge >= 0.3 is 0 Å². The Hall–Kier alpha value is -2.10. The van der Waals surface area contributed by atoms with Crippen molar-refractivity contribution < 1.29 is 9.90 Å². The number of para-hydroxylation sites is 2. The molecule has 0 bridgehead atoms. The Morgan fingerprint density at radius 3 is 2.79 bits per heavy atom. The van der Waals surface area contributed by atoms with Gasteiger partial charge in [0, 0.05) is 0 Å². The Labute approximate surface area is 80.4 Å². The lowest BCUT2D eigenvalue weighted by Crippen LogP contribution is -2.00. The second-order valence-corrected chi connectivity index (χ2v) is 2.77. The summed E-state index contributed by atoms with van der Waals surface area (Å²) in [5, 5.41) is 13.5. The molecule has 0 radical (unpaired) electrons. The molecule has 0 atom stereocenters. The van der Waals surface area contributed by atoms with Crippen LogP contribution in [0, 0.1) is 0 Å². The number of nitrogens with zero attached hydrogens (tertiary/aromatic N) is 2. The normalized spacial score (nSPS) is 10.0. The minimum absolute atomic E-state index is 0.0966. The standard InChI is InChI=1S/C10H8N2O2/c13-7-8-5-6-11-12(8)9-3-1-2-4-10(9)14/h1-7,14H. The number of benzene rings is 1. The van der Waals surface area contributed by atoms with Crippen LogP contribution in [-0.2, 0) is 0 Å². The van der Waals surface area contributed by atoms with E-state index in [9.17, 15) is 9.90 Å². The van der Waals surface area contributed by atoms with Gasteiger partial charge in [0.05, 0.1) is 6.20 Å². The van der Waals surface area contributed by atoms with Crippen molar-refractivity contribution in [2.24, 2.45) is 0 Å². The van der Waals surface area contributed by atoms with Crippen molar-refractivity contribution in [2.75, 3.05) is 0 Å². The van der Waals surface area contributed by atoms with Gasteiger partial charge in [0.25, 0.3) is 0 Å². The highest BCUT2D eigenvalue weighted by atomic mass is 16.3. The topological polar surface area (TPSA) is 55.1 Å². The van der Waals surface area contributed by atoms with E-state index in [4.69, 9.17) is 0 Å². The van der Waals surface area contributed by atoms with Crippen LogP contribution in [0.25, 0.3) is 5.69 Å². The van der Waals surface area contributed by atoms with Crippen LogP contribution >= 0.6 is 0 Å². The fourth-order valence-corrected chi connectivity index (χ4v) is 1.25. The Morgan fingerprint density at radius 1 is 1.29 bits per heavy atom. The van der Waals surface area contributed by atoms with E-state index in [1.165, 1.54) is 10.9 Å². The van der Waals surface area contributed by atoms with Gasteiger partial charge in [-0.2, -0.15) is 5.10 Å². The summed E-state index contributed by atoms with van der Waals surface area (Å²) in [6.45, 7) is 0. The van der Waals surface area contributed by atoms with Crippen molar-refractivity contribution in [3.05, 3.63) is 42.2 Å². The highest BCUT2D eigenvalue weighted by Gasteiger charge is 2.06.